The van der Waals surface area contributed by atoms with Crippen LogP contribution in [0.15, 0.2) is 48.5 Å². The van der Waals surface area contributed by atoms with Crippen molar-refractivity contribution in [1.82, 2.24) is 10.6 Å². The number of halogens is 1. The first-order valence-corrected chi connectivity index (χ1v) is 8.24. The molecule has 0 bridgehead atoms. The van der Waals surface area contributed by atoms with E-state index in [1.807, 2.05) is 43.3 Å². The lowest BCUT2D eigenvalue weighted by Crippen LogP contribution is -2.26. The van der Waals surface area contributed by atoms with E-state index in [9.17, 15) is 9.59 Å². The summed E-state index contributed by atoms with van der Waals surface area (Å²) >= 11 is 6.16. The highest BCUT2D eigenvalue weighted by molar-refractivity contribution is 6.31. The van der Waals surface area contributed by atoms with Gasteiger partial charge < -0.3 is 10.6 Å². The van der Waals surface area contributed by atoms with Crippen LogP contribution in [0.2, 0.25) is 5.02 Å². The molecule has 5 heteroatoms. The zero-order valence-electron chi connectivity index (χ0n) is 13.8. The van der Waals surface area contributed by atoms with Crippen LogP contribution in [0.3, 0.4) is 0 Å². The first kappa shape index (κ1) is 18.0. The second-order valence-corrected chi connectivity index (χ2v) is 6.05. The number of hydrogen-bond acceptors (Lipinski definition) is 2. The third-order valence-corrected chi connectivity index (χ3v) is 4.07. The molecule has 4 nitrogen and oxygen atoms in total. The van der Waals surface area contributed by atoms with Gasteiger partial charge in [-0.05, 0) is 42.7 Å². The Bertz CT molecular complexity index is 714. The minimum Gasteiger partial charge on any atom is -0.356 e. The SMILES string of the molecule is CC(=O)NCCc1ccc(C(=O)N[C@@H](C)c2ccccc2Cl)cc1. The van der Waals surface area contributed by atoms with Crippen molar-refractivity contribution < 1.29 is 9.59 Å². The molecular weight excluding hydrogens is 324 g/mol. The molecule has 2 aromatic carbocycles. The highest BCUT2D eigenvalue weighted by Crippen LogP contribution is 2.22. The minimum absolute atomic E-state index is 0.0421. The molecule has 126 valence electrons. The van der Waals surface area contributed by atoms with Crippen molar-refractivity contribution in [3.63, 3.8) is 0 Å². The van der Waals surface area contributed by atoms with Crippen molar-refractivity contribution in [3.8, 4) is 0 Å². The normalized spacial score (nSPS) is 11.6. The molecule has 0 fully saturated rings. The van der Waals surface area contributed by atoms with E-state index in [4.69, 9.17) is 11.6 Å². The molecule has 0 radical (unpaired) electrons. The van der Waals surface area contributed by atoms with Crippen LogP contribution in [0.1, 0.15) is 41.4 Å². The van der Waals surface area contributed by atoms with E-state index in [-0.39, 0.29) is 17.9 Å². The van der Waals surface area contributed by atoms with Gasteiger partial charge in [0.05, 0.1) is 6.04 Å². The minimum atomic E-state index is -0.175. The Morgan fingerprint density at radius 1 is 1.08 bits per heavy atom. The van der Waals surface area contributed by atoms with Gasteiger partial charge in [-0.3, -0.25) is 9.59 Å². The van der Waals surface area contributed by atoms with E-state index >= 15 is 0 Å². The third-order valence-electron chi connectivity index (χ3n) is 3.72. The van der Waals surface area contributed by atoms with Gasteiger partial charge in [-0.2, -0.15) is 0 Å². The third kappa shape index (κ3) is 5.10. The van der Waals surface area contributed by atoms with Crippen LogP contribution >= 0.6 is 11.6 Å². The van der Waals surface area contributed by atoms with Gasteiger partial charge in [0.25, 0.3) is 5.91 Å². The van der Waals surface area contributed by atoms with E-state index in [2.05, 4.69) is 10.6 Å². The van der Waals surface area contributed by atoms with Gasteiger partial charge in [0.15, 0.2) is 0 Å². The maximum absolute atomic E-state index is 12.3. The molecule has 0 aromatic heterocycles. The predicted molar refractivity (Wildman–Crippen MR) is 96.2 cm³/mol. The molecule has 2 rings (SSSR count). The molecule has 24 heavy (non-hydrogen) atoms. The van der Waals surface area contributed by atoms with Gasteiger partial charge in [0.2, 0.25) is 5.91 Å². The quantitative estimate of drug-likeness (QED) is 0.842. The average molecular weight is 345 g/mol. The number of carbonyl (C=O) groups is 2. The van der Waals surface area contributed by atoms with Crippen LogP contribution in [0, 0.1) is 0 Å². The summed E-state index contributed by atoms with van der Waals surface area (Å²) in [6, 6.07) is 14.7. The standard InChI is InChI=1S/C19H21ClN2O2/c1-13(17-5-3-4-6-18(17)20)22-19(24)16-9-7-15(8-10-16)11-12-21-14(2)23/h3-10,13H,11-12H2,1-2H3,(H,21,23)(H,22,24)/t13-/m0/s1. The zero-order valence-corrected chi connectivity index (χ0v) is 14.6. The maximum atomic E-state index is 12.3. The number of nitrogens with one attached hydrogen (secondary N) is 2. The van der Waals surface area contributed by atoms with Crippen molar-refractivity contribution in [1.29, 1.82) is 0 Å². The second kappa shape index (κ2) is 8.50. The van der Waals surface area contributed by atoms with E-state index in [0.29, 0.717) is 17.1 Å². The molecule has 2 aromatic rings. The van der Waals surface area contributed by atoms with Crippen LogP contribution in [0.5, 0.6) is 0 Å². The molecule has 0 unspecified atom stereocenters. The molecule has 0 spiro atoms. The molecule has 2 N–H and O–H groups in total. The lowest BCUT2D eigenvalue weighted by molar-refractivity contribution is -0.118. The van der Waals surface area contributed by atoms with Gasteiger partial charge in [-0.15, -0.1) is 0 Å². The lowest BCUT2D eigenvalue weighted by Gasteiger charge is -2.16. The second-order valence-electron chi connectivity index (χ2n) is 5.65. The monoisotopic (exact) mass is 344 g/mol. The van der Waals surface area contributed by atoms with Crippen LogP contribution < -0.4 is 10.6 Å². The number of amides is 2. The molecular formula is C19H21ClN2O2. The zero-order chi connectivity index (χ0) is 17.5. The number of rotatable bonds is 6. The summed E-state index contributed by atoms with van der Waals surface area (Å²) in [5, 5.41) is 6.34. The van der Waals surface area contributed by atoms with Crippen molar-refractivity contribution >= 4 is 23.4 Å². The number of carbonyl (C=O) groups excluding carboxylic acids is 2. The topological polar surface area (TPSA) is 58.2 Å². The molecule has 0 aliphatic carbocycles. The molecule has 0 aliphatic heterocycles. The smallest absolute Gasteiger partial charge is 0.251 e. The Hall–Kier alpha value is -2.33. The summed E-state index contributed by atoms with van der Waals surface area (Å²) in [7, 11) is 0. The van der Waals surface area contributed by atoms with Crippen LogP contribution in [0.25, 0.3) is 0 Å². The van der Waals surface area contributed by atoms with Gasteiger partial charge >= 0.3 is 0 Å². The first-order chi connectivity index (χ1) is 11.5. The fourth-order valence-electron chi connectivity index (χ4n) is 2.39. The Kier molecular flexibility index (Phi) is 6.38. The fourth-order valence-corrected chi connectivity index (χ4v) is 2.69. The van der Waals surface area contributed by atoms with Crippen LogP contribution in [-0.4, -0.2) is 18.4 Å². The van der Waals surface area contributed by atoms with Gasteiger partial charge in [0.1, 0.15) is 0 Å². The predicted octanol–water partition coefficient (Wildman–Crippen LogP) is 3.51. The van der Waals surface area contributed by atoms with Crippen molar-refractivity contribution in [3.05, 3.63) is 70.2 Å². The summed E-state index contributed by atoms with van der Waals surface area (Å²) in [5.41, 5.74) is 2.55. The average Bonchev–Trinajstić information content (AvgIpc) is 2.55. The van der Waals surface area contributed by atoms with E-state index in [1.165, 1.54) is 6.92 Å². The van der Waals surface area contributed by atoms with E-state index in [0.717, 1.165) is 17.5 Å². The van der Waals surface area contributed by atoms with Gasteiger partial charge in [-0.1, -0.05) is 41.9 Å². The summed E-state index contributed by atoms with van der Waals surface area (Å²) < 4.78 is 0. The Morgan fingerprint density at radius 3 is 2.38 bits per heavy atom. The van der Waals surface area contributed by atoms with Crippen molar-refractivity contribution in [2.45, 2.75) is 26.3 Å². The summed E-state index contributed by atoms with van der Waals surface area (Å²) in [6.45, 7) is 3.99. The highest BCUT2D eigenvalue weighted by Gasteiger charge is 2.13. The van der Waals surface area contributed by atoms with Crippen LogP contribution in [0.4, 0.5) is 0 Å². The summed E-state index contributed by atoms with van der Waals surface area (Å²) in [6.07, 6.45) is 0.734. The summed E-state index contributed by atoms with van der Waals surface area (Å²) in [5.74, 6) is -0.185. The van der Waals surface area contributed by atoms with Gasteiger partial charge in [0, 0.05) is 24.1 Å². The maximum Gasteiger partial charge on any atom is 0.251 e. The molecule has 2 amide bonds. The van der Waals surface area contributed by atoms with Crippen LogP contribution in [-0.2, 0) is 11.2 Å². The van der Waals surface area contributed by atoms with Crippen molar-refractivity contribution in [2.24, 2.45) is 0 Å². The highest BCUT2D eigenvalue weighted by atomic mass is 35.5. The molecule has 0 saturated carbocycles. The molecule has 0 aliphatic rings. The Morgan fingerprint density at radius 2 is 1.75 bits per heavy atom. The number of hydrogen-bond donors (Lipinski definition) is 2. The Labute approximate surface area is 147 Å². The van der Waals surface area contributed by atoms with E-state index < -0.39 is 0 Å². The fraction of sp³-hybridized carbons (Fsp3) is 0.263. The van der Waals surface area contributed by atoms with Crippen molar-refractivity contribution in [2.75, 3.05) is 6.54 Å². The largest absolute Gasteiger partial charge is 0.356 e. The Balaban J connectivity index is 1.95. The lowest BCUT2D eigenvalue weighted by atomic mass is 10.1. The molecule has 1 atom stereocenters. The molecule has 0 heterocycles. The first-order valence-electron chi connectivity index (χ1n) is 7.86. The van der Waals surface area contributed by atoms with Gasteiger partial charge in [-0.25, -0.2) is 0 Å². The van der Waals surface area contributed by atoms with E-state index in [1.54, 1.807) is 12.1 Å². The number of benzene rings is 2. The molecule has 0 saturated heterocycles. The summed E-state index contributed by atoms with van der Waals surface area (Å²) in [4.78, 5) is 23.2.